The minimum absolute atomic E-state index is 0.00976. The minimum atomic E-state index is 0.00976. The van der Waals surface area contributed by atoms with Crippen molar-refractivity contribution < 1.29 is 0 Å². The summed E-state index contributed by atoms with van der Waals surface area (Å²) in [5.74, 6) is 0. The summed E-state index contributed by atoms with van der Waals surface area (Å²) in [6.45, 7) is 5.14. The van der Waals surface area contributed by atoms with E-state index in [0.717, 1.165) is 12.2 Å². The van der Waals surface area contributed by atoms with Crippen molar-refractivity contribution >= 4 is 12.0 Å². The lowest BCUT2D eigenvalue weighted by molar-refractivity contribution is 0.565. The van der Waals surface area contributed by atoms with E-state index in [9.17, 15) is 0 Å². The molecule has 1 radical (unpaired) electrons. The Morgan fingerprint density at radius 3 is 2.54 bits per heavy atom. The monoisotopic (exact) mass is 173 g/mol. The summed E-state index contributed by atoms with van der Waals surface area (Å²) in [4.78, 5) is 6.36. The first-order valence-electron chi connectivity index (χ1n) is 4.47. The van der Waals surface area contributed by atoms with Crippen LogP contribution in [0.1, 0.15) is 13.8 Å². The standard InChI is InChI=1S/C11H13N2/c1-11(2)8-13(9-12-11)10-6-4-3-5-7-10/h3-7H,8H2,1-2H3. The molecule has 0 saturated carbocycles. The molecule has 2 nitrogen and oxygen atoms in total. The third kappa shape index (κ3) is 1.72. The molecule has 0 atom stereocenters. The predicted molar refractivity (Wildman–Crippen MR) is 55.3 cm³/mol. The molecule has 0 spiro atoms. The average molecular weight is 173 g/mol. The van der Waals surface area contributed by atoms with Gasteiger partial charge in [0.15, 0.2) is 6.34 Å². The lowest BCUT2D eigenvalue weighted by atomic mass is 10.1. The summed E-state index contributed by atoms with van der Waals surface area (Å²) in [5.41, 5.74) is 1.17. The van der Waals surface area contributed by atoms with Crippen LogP contribution in [-0.4, -0.2) is 18.4 Å². The third-order valence-electron chi connectivity index (χ3n) is 2.09. The van der Waals surface area contributed by atoms with Crippen molar-refractivity contribution in [3.63, 3.8) is 0 Å². The SMILES string of the molecule is CC1(C)CN(c2ccccc2)[C]=N1. The van der Waals surface area contributed by atoms with Crippen molar-refractivity contribution in [2.75, 3.05) is 11.4 Å². The Morgan fingerprint density at radius 2 is 2.00 bits per heavy atom. The highest BCUT2D eigenvalue weighted by Crippen LogP contribution is 2.22. The summed E-state index contributed by atoms with van der Waals surface area (Å²) < 4.78 is 0. The molecule has 67 valence electrons. The van der Waals surface area contributed by atoms with Crippen LogP contribution in [0.2, 0.25) is 0 Å². The summed E-state index contributed by atoms with van der Waals surface area (Å²) in [5, 5.41) is 0. The zero-order valence-corrected chi connectivity index (χ0v) is 7.99. The van der Waals surface area contributed by atoms with Gasteiger partial charge >= 0.3 is 0 Å². The number of hydrogen-bond donors (Lipinski definition) is 0. The van der Waals surface area contributed by atoms with Crippen LogP contribution in [0.25, 0.3) is 0 Å². The zero-order valence-electron chi connectivity index (χ0n) is 7.99. The first-order chi connectivity index (χ1) is 6.17. The molecule has 1 aliphatic heterocycles. The van der Waals surface area contributed by atoms with Crippen LogP contribution < -0.4 is 4.90 Å². The Morgan fingerprint density at radius 1 is 1.31 bits per heavy atom. The molecule has 0 fully saturated rings. The predicted octanol–water partition coefficient (Wildman–Crippen LogP) is 2.19. The number of para-hydroxylation sites is 1. The first-order valence-corrected chi connectivity index (χ1v) is 4.47. The van der Waals surface area contributed by atoms with Crippen LogP contribution in [0.15, 0.2) is 35.3 Å². The molecular weight excluding hydrogens is 160 g/mol. The van der Waals surface area contributed by atoms with Gasteiger partial charge in [0.25, 0.3) is 0 Å². The fourth-order valence-electron chi connectivity index (χ4n) is 1.41. The Kier molecular flexibility index (Phi) is 1.83. The highest BCUT2D eigenvalue weighted by atomic mass is 15.2. The molecule has 1 heterocycles. The van der Waals surface area contributed by atoms with Crippen LogP contribution in [-0.2, 0) is 0 Å². The van der Waals surface area contributed by atoms with Gasteiger partial charge in [-0.05, 0) is 26.0 Å². The maximum absolute atomic E-state index is 4.30. The largest absolute Gasteiger partial charge is 0.321 e. The van der Waals surface area contributed by atoms with Crippen LogP contribution in [0, 0.1) is 0 Å². The summed E-state index contributed by atoms with van der Waals surface area (Å²) in [6.07, 6.45) is 3.02. The zero-order chi connectivity index (χ0) is 9.31. The maximum Gasteiger partial charge on any atom is 0.172 e. The van der Waals surface area contributed by atoms with E-state index in [0.29, 0.717) is 0 Å². The van der Waals surface area contributed by atoms with Gasteiger partial charge < -0.3 is 4.90 Å². The van der Waals surface area contributed by atoms with Crippen LogP contribution >= 0.6 is 0 Å². The normalized spacial score (nSPS) is 19.4. The van der Waals surface area contributed by atoms with Gasteiger partial charge in [-0.2, -0.15) is 0 Å². The molecule has 0 bridgehead atoms. The van der Waals surface area contributed by atoms with Crippen LogP contribution in [0.3, 0.4) is 0 Å². The van der Waals surface area contributed by atoms with E-state index in [-0.39, 0.29) is 5.54 Å². The second-order valence-electron chi connectivity index (χ2n) is 3.95. The smallest absolute Gasteiger partial charge is 0.172 e. The van der Waals surface area contributed by atoms with E-state index in [4.69, 9.17) is 0 Å². The van der Waals surface area contributed by atoms with E-state index >= 15 is 0 Å². The molecule has 1 aromatic rings. The van der Waals surface area contributed by atoms with Crippen molar-refractivity contribution in [3.05, 3.63) is 30.3 Å². The van der Waals surface area contributed by atoms with E-state index in [1.807, 2.05) is 18.2 Å². The molecular formula is C11H13N2. The molecule has 0 aromatic heterocycles. The molecule has 13 heavy (non-hydrogen) atoms. The summed E-state index contributed by atoms with van der Waals surface area (Å²) >= 11 is 0. The van der Waals surface area contributed by atoms with Gasteiger partial charge in [-0.25, -0.2) is 0 Å². The molecule has 0 saturated heterocycles. The Bertz CT molecular complexity index is 314. The Hall–Kier alpha value is -1.31. The molecule has 0 amide bonds. The van der Waals surface area contributed by atoms with Gasteiger partial charge in [0.05, 0.1) is 5.54 Å². The first kappa shape index (κ1) is 8.30. The van der Waals surface area contributed by atoms with Gasteiger partial charge in [-0.3, -0.25) is 4.99 Å². The van der Waals surface area contributed by atoms with Gasteiger partial charge in [0, 0.05) is 12.2 Å². The second kappa shape index (κ2) is 2.87. The third-order valence-corrected chi connectivity index (χ3v) is 2.09. The van der Waals surface area contributed by atoms with E-state index in [1.165, 1.54) is 0 Å². The van der Waals surface area contributed by atoms with Crippen molar-refractivity contribution in [1.82, 2.24) is 0 Å². The fraction of sp³-hybridized carbons (Fsp3) is 0.364. The van der Waals surface area contributed by atoms with Crippen molar-refractivity contribution in [1.29, 1.82) is 0 Å². The number of hydrogen-bond acceptors (Lipinski definition) is 2. The van der Waals surface area contributed by atoms with E-state index in [1.54, 1.807) is 0 Å². The lowest BCUT2D eigenvalue weighted by Gasteiger charge is -2.18. The number of benzene rings is 1. The highest BCUT2D eigenvalue weighted by molar-refractivity contribution is 5.81. The minimum Gasteiger partial charge on any atom is -0.321 e. The van der Waals surface area contributed by atoms with Gasteiger partial charge in [-0.1, -0.05) is 18.2 Å². The van der Waals surface area contributed by atoms with Crippen LogP contribution in [0.5, 0.6) is 0 Å². The highest BCUT2D eigenvalue weighted by Gasteiger charge is 2.25. The molecule has 0 N–H and O–H groups in total. The Balaban J connectivity index is 2.19. The van der Waals surface area contributed by atoms with Crippen molar-refractivity contribution in [2.24, 2.45) is 4.99 Å². The summed E-state index contributed by atoms with van der Waals surface area (Å²) in [7, 11) is 0. The number of anilines is 1. The quantitative estimate of drug-likeness (QED) is 0.635. The molecule has 0 aliphatic carbocycles. The maximum atomic E-state index is 4.30. The van der Waals surface area contributed by atoms with E-state index < -0.39 is 0 Å². The molecule has 2 heteroatoms. The molecule has 1 aliphatic rings. The number of rotatable bonds is 1. The number of nitrogens with zero attached hydrogens (tertiary/aromatic N) is 2. The topological polar surface area (TPSA) is 15.6 Å². The average Bonchev–Trinajstić information content (AvgIpc) is 2.48. The summed E-state index contributed by atoms with van der Waals surface area (Å²) in [6, 6.07) is 10.2. The molecule has 2 rings (SSSR count). The molecule has 1 aromatic carbocycles. The van der Waals surface area contributed by atoms with Crippen molar-refractivity contribution in [3.8, 4) is 0 Å². The van der Waals surface area contributed by atoms with Crippen molar-refractivity contribution in [2.45, 2.75) is 19.4 Å². The lowest BCUT2D eigenvalue weighted by Crippen LogP contribution is -2.28. The second-order valence-corrected chi connectivity index (χ2v) is 3.95. The van der Waals surface area contributed by atoms with Gasteiger partial charge in [0.2, 0.25) is 0 Å². The number of aliphatic imine (C=N–C) groups is 1. The van der Waals surface area contributed by atoms with Crippen LogP contribution in [0.4, 0.5) is 5.69 Å². The molecule has 0 unspecified atom stereocenters. The fourth-order valence-corrected chi connectivity index (χ4v) is 1.41. The van der Waals surface area contributed by atoms with E-state index in [2.05, 4.69) is 42.2 Å². The van der Waals surface area contributed by atoms with Gasteiger partial charge in [-0.15, -0.1) is 0 Å². The Labute approximate surface area is 78.9 Å². The van der Waals surface area contributed by atoms with Gasteiger partial charge in [0.1, 0.15) is 0 Å².